The third kappa shape index (κ3) is 7.45. The number of sulfonamides is 1. The Kier molecular flexibility index (Phi) is 8.96. The lowest BCUT2D eigenvalue weighted by atomic mass is 10.2. The van der Waals surface area contributed by atoms with Crippen LogP contribution in [0.1, 0.15) is 16.7 Å². The van der Waals surface area contributed by atoms with Gasteiger partial charge in [0, 0.05) is 0 Å². The second kappa shape index (κ2) is 12.7. The van der Waals surface area contributed by atoms with Crippen LogP contribution in [-0.2, 0) is 21.4 Å². The van der Waals surface area contributed by atoms with Crippen LogP contribution < -0.4 is 19.2 Å². The summed E-state index contributed by atoms with van der Waals surface area (Å²) in [5.41, 5.74) is 5.74. The highest BCUT2D eigenvalue weighted by atomic mass is 32.2. The lowest BCUT2D eigenvalue weighted by Gasteiger charge is -2.23. The van der Waals surface area contributed by atoms with Gasteiger partial charge in [0.05, 0.1) is 23.9 Å². The number of aryl methyl sites for hydroxylation is 1. The minimum atomic E-state index is -4.01. The molecule has 0 fully saturated rings. The number of amides is 1. The second-order valence-corrected chi connectivity index (χ2v) is 10.5. The van der Waals surface area contributed by atoms with Crippen molar-refractivity contribution in [2.75, 3.05) is 18.0 Å². The Balaban J connectivity index is 1.39. The highest BCUT2D eigenvalue weighted by Crippen LogP contribution is 2.25. The van der Waals surface area contributed by atoms with Gasteiger partial charge < -0.3 is 9.47 Å². The third-order valence-corrected chi connectivity index (χ3v) is 7.58. The molecule has 0 aromatic heterocycles. The summed E-state index contributed by atoms with van der Waals surface area (Å²) < 4.78 is 38.8. The van der Waals surface area contributed by atoms with Crippen molar-refractivity contribution in [2.45, 2.75) is 18.4 Å². The van der Waals surface area contributed by atoms with E-state index in [1.54, 1.807) is 42.5 Å². The molecule has 4 rings (SSSR count). The monoisotopic (exact) mass is 543 g/mol. The number of hydrazone groups is 1. The van der Waals surface area contributed by atoms with E-state index in [1.165, 1.54) is 31.0 Å². The lowest BCUT2D eigenvalue weighted by Crippen LogP contribution is -2.39. The van der Waals surface area contributed by atoms with Gasteiger partial charge >= 0.3 is 0 Å². The molecule has 0 saturated carbocycles. The van der Waals surface area contributed by atoms with Crippen molar-refractivity contribution in [2.24, 2.45) is 5.10 Å². The van der Waals surface area contributed by atoms with E-state index in [0.717, 1.165) is 15.4 Å². The third-order valence-electron chi connectivity index (χ3n) is 5.79. The van der Waals surface area contributed by atoms with Crippen molar-refractivity contribution in [3.63, 3.8) is 0 Å². The maximum atomic E-state index is 13.4. The number of ether oxygens (including phenoxy) is 2. The van der Waals surface area contributed by atoms with E-state index in [4.69, 9.17) is 9.47 Å². The molecule has 9 heteroatoms. The first-order valence-electron chi connectivity index (χ1n) is 12.2. The van der Waals surface area contributed by atoms with Crippen molar-refractivity contribution in [3.8, 4) is 11.5 Å². The molecule has 39 heavy (non-hydrogen) atoms. The van der Waals surface area contributed by atoms with E-state index < -0.39 is 22.5 Å². The summed E-state index contributed by atoms with van der Waals surface area (Å²) in [7, 11) is -2.49. The number of carbonyl (C=O) groups excluding carboxylic acids is 1. The Labute approximate surface area is 228 Å². The van der Waals surface area contributed by atoms with Crippen LogP contribution in [0.4, 0.5) is 5.69 Å². The van der Waals surface area contributed by atoms with Gasteiger partial charge in [-0.2, -0.15) is 5.10 Å². The lowest BCUT2D eigenvalue weighted by molar-refractivity contribution is -0.119. The average Bonchev–Trinajstić information content (AvgIpc) is 2.97. The number of nitrogens with zero attached hydrogens (tertiary/aromatic N) is 2. The highest BCUT2D eigenvalue weighted by molar-refractivity contribution is 7.92. The van der Waals surface area contributed by atoms with Crippen LogP contribution in [0.15, 0.2) is 113 Å². The number of rotatable bonds is 11. The molecule has 4 aromatic carbocycles. The standard InChI is InChI=1S/C30H29N3O5S/c1-23-8-10-25(11-9-23)22-38-28-16-12-24(13-17-28)20-31-32-30(34)21-33(26-14-18-27(37-2)19-15-26)39(35,36)29-6-4-3-5-7-29/h3-20H,21-22H2,1-2H3,(H,32,34). The highest BCUT2D eigenvalue weighted by Gasteiger charge is 2.27. The molecule has 0 heterocycles. The number of nitrogens with one attached hydrogen (secondary N) is 1. The first-order valence-corrected chi connectivity index (χ1v) is 13.6. The molecule has 0 atom stereocenters. The quantitative estimate of drug-likeness (QED) is 0.214. The molecular formula is C30H29N3O5S. The van der Waals surface area contributed by atoms with Gasteiger partial charge in [0.25, 0.3) is 15.9 Å². The maximum absolute atomic E-state index is 13.4. The van der Waals surface area contributed by atoms with E-state index in [-0.39, 0.29) is 4.90 Å². The summed E-state index contributed by atoms with van der Waals surface area (Å²) in [5, 5.41) is 4.00. The number of hydrogen-bond acceptors (Lipinski definition) is 6. The van der Waals surface area contributed by atoms with Crippen molar-refractivity contribution in [3.05, 3.63) is 120 Å². The summed E-state index contributed by atoms with van der Waals surface area (Å²) in [6, 6.07) is 29.8. The van der Waals surface area contributed by atoms with Gasteiger partial charge in [-0.25, -0.2) is 13.8 Å². The van der Waals surface area contributed by atoms with Crippen LogP contribution in [0.2, 0.25) is 0 Å². The fraction of sp³-hybridized carbons (Fsp3) is 0.133. The fourth-order valence-electron chi connectivity index (χ4n) is 3.63. The Bertz CT molecular complexity index is 1500. The average molecular weight is 544 g/mol. The summed E-state index contributed by atoms with van der Waals surface area (Å²) in [4.78, 5) is 12.8. The van der Waals surface area contributed by atoms with E-state index in [2.05, 4.69) is 10.5 Å². The van der Waals surface area contributed by atoms with Crippen LogP contribution in [0.3, 0.4) is 0 Å². The van der Waals surface area contributed by atoms with Gasteiger partial charge in [0.15, 0.2) is 0 Å². The van der Waals surface area contributed by atoms with E-state index in [0.29, 0.717) is 23.8 Å². The second-order valence-electron chi connectivity index (χ2n) is 8.66. The van der Waals surface area contributed by atoms with Gasteiger partial charge in [-0.1, -0.05) is 48.0 Å². The zero-order valence-electron chi connectivity index (χ0n) is 21.7. The molecule has 0 aliphatic rings. The zero-order chi connectivity index (χ0) is 27.7. The fourth-order valence-corrected chi connectivity index (χ4v) is 5.07. The normalized spacial score (nSPS) is 11.2. The predicted molar refractivity (Wildman–Crippen MR) is 152 cm³/mol. The minimum Gasteiger partial charge on any atom is -0.497 e. The molecule has 4 aromatic rings. The van der Waals surface area contributed by atoms with Crippen LogP contribution in [-0.4, -0.2) is 34.2 Å². The van der Waals surface area contributed by atoms with Crippen LogP contribution >= 0.6 is 0 Å². The predicted octanol–water partition coefficient (Wildman–Crippen LogP) is 4.93. The topological polar surface area (TPSA) is 97.3 Å². The van der Waals surface area contributed by atoms with Gasteiger partial charge in [-0.05, 0) is 78.7 Å². The first kappa shape index (κ1) is 27.4. The largest absolute Gasteiger partial charge is 0.497 e. The van der Waals surface area contributed by atoms with Crippen molar-refractivity contribution < 1.29 is 22.7 Å². The Hall–Kier alpha value is -4.63. The number of carbonyl (C=O) groups is 1. The van der Waals surface area contributed by atoms with Crippen molar-refractivity contribution >= 4 is 27.8 Å². The SMILES string of the molecule is COc1ccc(N(CC(=O)NN=Cc2ccc(OCc3ccc(C)cc3)cc2)S(=O)(=O)c2ccccc2)cc1. The molecule has 0 aliphatic carbocycles. The number of anilines is 1. The first-order chi connectivity index (χ1) is 18.8. The summed E-state index contributed by atoms with van der Waals surface area (Å²) >= 11 is 0. The van der Waals surface area contributed by atoms with E-state index >= 15 is 0 Å². The van der Waals surface area contributed by atoms with Crippen LogP contribution in [0.25, 0.3) is 0 Å². The Morgan fingerprint density at radius 3 is 2.15 bits per heavy atom. The number of benzene rings is 4. The number of hydrogen-bond donors (Lipinski definition) is 1. The molecule has 0 spiro atoms. The van der Waals surface area contributed by atoms with Crippen LogP contribution in [0.5, 0.6) is 11.5 Å². The molecule has 0 radical (unpaired) electrons. The molecule has 0 unspecified atom stereocenters. The molecule has 0 bridgehead atoms. The summed E-state index contributed by atoms with van der Waals surface area (Å²) in [6.45, 7) is 2.03. The smallest absolute Gasteiger partial charge is 0.264 e. The van der Waals surface area contributed by atoms with E-state index in [9.17, 15) is 13.2 Å². The molecule has 0 saturated heterocycles. The van der Waals surface area contributed by atoms with Gasteiger partial charge in [-0.15, -0.1) is 0 Å². The minimum absolute atomic E-state index is 0.0711. The van der Waals surface area contributed by atoms with Crippen LogP contribution in [0, 0.1) is 6.92 Å². The van der Waals surface area contributed by atoms with Gasteiger partial charge in [0.2, 0.25) is 0 Å². The number of methoxy groups -OCH3 is 1. The van der Waals surface area contributed by atoms with Crippen molar-refractivity contribution in [1.29, 1.82) is 0 Å². The zero-order valence-corrected chi connectivity index (χ0v) is 22.5. The van der Waals surface area contributed by atoms with Gasteiger partial charge in [-0.3, -0.25) is 9.10 Å². The molecule has 1 amide bonds. The molecule has 200 valence electrons. The molecule has 0 aliphatic heterocycles. The molecular weight excluding hydrogens is 514 g/mol. The van der Waals surface area contributed by atoms with E-state index in [1.807, 2.05) is 55.5 Å². The van der Waals surface area contributed by atoms with Gasteiger partial charge in [0.1, 0.15) is 24.7 Å². The Morgan fingerprint density at radius 2 is 1.51 bits per heavy atom. The van der Waals surface area contributed by atoms with Crippen molar-refractivity contribution in [1.82, 2.24) is 5.43 Å². The molecule has 8 nitrogen and oxygen atoms in total. The maximum Gasteiger partial charge on any atom is 0.264 e. The molecule has 1 N–H and O–H groups in total. The summed E-state index contributed by atoms with van der Waals surface area (Å²) in [5.74, 6) is 0.675. The summed E-state index contributed by atoms with van der Waals surface area (Å²) in [6.07, 6.45) is 1.48. The Morgan fingerprint density at radius 1 is 0.872 bits per heavy atom.